The van der Waals surface area contributed by atoms with Crippen molar-refractivity contribution in [2.75, 3.05) is 40.9 Å². The zero-order valence-electron chi connectivity index (χ0n) is 32.2. The van der Waals surface area contributed by atoms with Crippen LogP contribution in [0.4, 0.5) is 0 Å². The van der Waals surface area contributed by atoms with E-state index in [0.29, 0.717) is 17.4 Å². The number of rotatable bonds is 34. The predicted molar refractivity (Wildman–Crippen MR) is 207 cm³/mol. The van der Waals surface area contributed by atoms with E-state index in [1.54, 1.807) is 6.08 Å². The van der Waals surface area contributed by atoms with Gasteiger partial charge in [-0.3, -0.25) is 13.8 Å². The fraction of sp³-hybridized carbons (Fsp3) is 0.775. The van der Waals surface area contributed by atoms with Crippen LogP contribution in [0.25, 0.3) is 0 Å². The highest BCUT2D eigenvalue weighted by Crippen LogP contribution is 2.43. The molecule has 286 valence electrons. The van der Waals surface area contributed by atoms with Crippen LogP contribution in [0.15, 0.2) is 48.6 Å². The van der Waals surface area contributed by atoms with Crippen molar-refractivity contribution < 1.29 is 32.9 Å². The summed E-state index contributed by atoms with van der Waals surface area (Å²) >= 11 is 0. The Balaban J connectivity index is 4.64. The molecule has 0 saturated carbocycles. The number of quaternary nitrogens is 1. The number of aliphatic hydroxyl groups is 1. The molecule has 0 aliphatic rings. The molecule has 0 aliphatic carbocycles. The number of likely N-dealkylation sites (N-methyl/N-ethyl adjacent to an activating group) is 1. The van der Waals surface area contributed by atoms with Gasteiger partial charge < -0.3 is 19.8 Å². The van der Waals surface area contributed by atoms with E-state index in [1.165, 1.54) is 70.6 Å². The Hall–Kier alpha value is -1.54. The minimum atomic E-state index is -4.34. The number of nitrogens with zero attached hydrogens (tertiary/aromatic N) is 1. The number of aliphatic hydroxyl groups excluding tert-OH is 1. The van der Waals surface area contributed by atoms with Crippen molar-refractivity contribution >= 4 is 13.7 Å². The third-order valence-electron chi connectivity index (χ3n) is 8.25. The number of amides is 1. The van der Waals surface area contributed by atoms with Crippen molar-refractivity contribution in [3.05, 3.63) is 48.6 Å². The van der Waals surface area contributed by atoms with Crippen LogP contribution in [-0.4, -0.2) is 73.4 Å². The lowest BCUT2D eigenvalue weighted by atomic mass is 10.1. The molecule has 3 unspecified atom stereocenters. The molecule has 0 saturated heterocycles. The Morgan fingerprint density at radius 2 is 1.12 bits per heavy atom. The lowest BCUT2D eigenvalue weighted by Crippen LogP contribution is -2.45. The summed E-state index contributed by atoms with van der Waals surface area (Å²) in [5.41, 5.74) is 0. The Morgan fingerprint density at radius 3 is 1.63 bits per heavy atom. The summed E-state index contributed by atoms with van der Waals surface area (Å²) in [5, 5.41) is 13.7. The van der Waals surface area contributed by atoms with E-state index >= 15 is 0 Å². The van der Waals surface area contributed by atoms with Gasteiger partial charge in [0, 0.05) is 6.42 Å². The molecule has 0 spiro atoms. The summed E-state index contributed by atoms with van der Waals surface area (Å²) in [7, 11) is 1.53. The first-order valence-electron chi connectivity index (χ1n) is 19.5. The molecule has 0 aromatic rings. The Bertz CT molecular complexity index is 944. The zero-order chi connectivity index (χ0) is 36.5. The van der Waals surface area contributed by atoms with E-state index in [1.807, 2.05) is 27.2 Å². The average Bonchev–Trinajstić information content (AvgIpc) is 3.04. The molecule has 0 aliphatic heterocycles. The van der Waals surface area contributed by atoms with Crippen molar-refractivity contribution in [1.82, 2.24) is 5.32 Å². The first-order chi connectivity index (χ1) is 23.5. The molecule has 0 aromatic heterocycles. The number of nitrogens with one attached hydrogen (secondary N) is 1. The summed E-state index contributed by atoms with van der Waals surface area (Å²) < 4.78 is 23.4. The van der Waals surface area contributed by atoms with Gasteiger partial charge in [0.05, 0.1) is 39.9 Å². The topological polar surface area (TPSA) is 105 Å². The normalized spacial score (nSPS) is 15.2. The maximum atomic E-state index is 12.8. The smallest absolute Gasteiger partial charge is 0.387 e. The van der Waals surface area contributed by atoms with Crippen molar-refractivity contribution in [3.8, 4) is 0 Å². The van der Waals surface area contributed by atoms with E-state index in [9.17, 15) is 19.4 Å². The van der Waals surface area contributed by atoms with Gasteiger partial charge in [0.25, 0.3) is 0 Å². The molecular formula is C40H76N2O6P+. The van der Waals surface area contributed by atoms with Crippen LogP contribution < -0.4 is 5.32 Å². The minimum Gasteiger partial charge on any atom is -0.387 e. The van der Waals surface area contributed by atoms with E-state index in [-0.39, 0.29) is 19.1 Å². The van der Waals surface area contributed by atoms with Gasteiger partial charge in [-0.25, -0.2) is 4.57 Å². The molecule has 0 aromatic carbocycles. The predicted octanol–water partition coefficient (Wildman–Crippen LogP) is 10.1. The second-order valence-corrected chi connectivity index (χ2v) is 15.7. The van der Waals surface area contributed by atoms with E-state index in [0.717, 1.165) is 57.8 Å². The van der Waals surface area contributed by atoms with Crippen molar-refractivity contribution in [2.24, 2.45) is 0 Å². The summed E-state index contributed by atoms with van der Waals surface area (Å²) in [6.07, 6.45) is 38.9. The van der Waals surface area contributed by atoms with Crippen LogP contribution in [-0.2, 0) is 18.4 Å². The van der Waals surface area contributed by atoms with Crippen molar-refractivity contribution in [2.45, 2.75) is 161 Å². The van der Waals surface area contributed by atoms with Crippen LogP contribution in [0.1, 0.15) is 149 Å². The zero-order valence-corrected chi connectivity index (χ0v) is 33.1. The van der Waals surface area contributed by atoms with Crippen LogP contribution >= 0.6 is 7.82 Å². The molecule has 0 bridgehead atoms. The van der Waals surface area contributed by atoms with Crippen LogP contribution in [0.3, 0.4) is 0 Å². The average molecular weight is 712 g/mol. The van der Waals surface area contributed by atoms with Gasteiger partial charge in [-0.15, -0.1) is 0 Å². The first kappa shape index (κ1) is 47.5. The van der Waals surface area contributed by atoms with E-state index < -0.39 is 20.0 Å². The summed E-state index contributed by atoms with van der Waals surface area (Å²) in [5.74, 6) is -0.205. The number of unbranched alkanes of at least 4 members (excludes halogenated alkanes) is 15. The summed E-state index contributed by atoms with van der Waals surface area (Å²) in [6, 6.07) is -0.871. The van der Waals surface area contributed by atoms with Crippen LogP contribution in [0, 0.1) is 0 Å². The lowest BCUT2D eigenvalue weighted by molar-refractivity contribution is -0.870. The number of carbonyl (C=O) groups is 1. The van der Waals surface area contributed by atoms with E-state index in [4.69, 9.17) is 9.05 Å². The standard InChI is InChI=1S/C40H75N2O6P/c1-6-8-10-12-14-16-18-20-22-23-25-27-29-31-33-39(43)38(37-48-49(45,46)47-36-35-42(3,4)5)41-40(44)34-32-30-28-26-24-21-19-17-15-13-11-9-7-2/h16-19,23,25,31,33,38-39,43H,6-15,20-22,24,26-30,32,34-37H2,1-5H3,(H-,41,44,45,46)/p+1/b18-16+,19-17-,25-23+,33-31+. The Morgan fingerprint density at radius 1 is 0.673 bits per heavy atom. The number of hydrogen-bond donors (Lipinski definition) is 3. The third-order valence-corrected chi connectivity index (χ3v) is 9.23. The SMILES string of the molecule is CCCCCC/C=C\CCCCCCCC(=O)NC(COP(=O)(O)OCC[N+](C)(C)C)C(O)/C=C/CC/C=C/CC/C=C/CCCCCC. The maximum absolute atomic E-state index is 12.8. The van der Waals surface area contributed by atoms with Crippen LogP contribution in [0.5, 0.6) is 0 Å². The second-order valence-electron chi connectivity index (χ2n) is 14.3. The molecule has 0 rings (SSSR count). The van der Waals surface area contributed by atoms with Crippen LogP contribution in [0.2, 0.25) is 0 Å². The molecular weight excluding hydrogens is 635 g/mol. The molecule has 9 heteroatoms. The molecule has 1 amide bonds. The van der Waals surface area contributed by atoms with Gasteiger partial charge in [-0.05, 0) is 70.6 Å². The number of phosphoric acid groups is 1. The molecule has 0 heterocycles. The van der Waals surface area contributed by atoms with Gasteiger partial charge in [0.1, 0.15) is 13.2 Å². The Labute approximate surface area is 301 Å². The number of carbonyl (C=O) groups excluding carboxylic acids is 1. The molecule has 0 fully saturated rings. The molecule has 0 radical (unpaired) electrons. The van der Waals surface area contributed by atoms with Crippen molar-refractivity contribution in [3.63, 3.8) is 0 Å². The van der Waals surface area contributed by atoms with Gasteiger partial charge in [0.2, 0.25) is 5.91 Å². The molecule has 3 N–H and O–H groups in total. The quantitative estimate of drug-likeness (QED) is 0.0266. The highest BCUT2D eigenvalue weighted by Gasteiger charge is 2.27. The summed E-state index contributed by atoms with van der Waals surface area (Å²) in [4.78, 5) is 23.0. The number of phosphoric ester groups is 1. The fourth-order valence-electron chi connectivity index (χ4n) is 5.06. The first-order valence-corrected chi connectivity index (χ1v) is 21.0. The van der Waals surface area contributed by atoms with Gasteiger partial charge in [-0.2, -0.15) is 0 Å². The number of hydrogen-bond acceptors (Lipinski definition) is 5. The highest BCUT2D eigenvalue weighted by atomic mass is 31.2. The Kier molecular flexibility index (Phi) is 31.4. The highest BCUT2D eigenvalue weighted by molar-refractivity contribution is 7.47. The van der Waals surface area contributed by atoms with Crippen molar-refractivity contribution in [1.29, 1.82) is 0 Å². The van der Waals surface area contributed by atoms with Gasteiger partial charge in [-0.1, -0.05) is 120 Å². The number of allylic oxidation sites excluding steroid dienone is 7. The van der Waals surface area contributed by atoms with E-state index in [2.05, 4.69) is 55.6 Å². The molecule has 8 nitrogen and oxygen atoms in total. The van der Waals surface area contributed by atoms with Gasteiger partial charge in [0.15, 0.2) is 0 Å². The third kappa shape index (κ3) is 34.7. The minimum absolute atomic E-state index is 0.0505. The van der Waals surface area contributed by atoms with Gasteiger partial charge >= 0.3 is 7.82 Å². The molecule has 3 atom stereocenters. The monoisotopic (exact) mass is 712 g/mol. The fourth-order valence-corrected chi connectivity index (χ4v) is 5.80. The second kappa shape index (κ2) is 32.4. The molecule has 49 heavy (non-hydrogen) atoms. The lowest BCUT2D eigenvalue weighted by Gasteiger charge is -2.25. The summed E-state index contributed by atoms with van der Waals surface area (Å²) in [6.45, 7) is 4.71. The largest absolute Gasteiger partial charge is 0.472 e. The maximum Gasteiger partial charge on any atom is 0.472 e.